The molecular weight excluding hydrogens is 196 g/mol. The molecule has 0 bridgehead atoms. The van der Waals surface area contributed by atoms with Gasteiger partial charge in [-0.05, 0) is 26.3 Å². The monoisotopic (exact) mass is 214 g/mol. The van der Waals surface area contributed by atoms with Crippen LogP contribution in [0.3, 0.4) is 0 Å². The van der Waals surface area contributed by atoms with Crippen molar-refractivity contribution in [1.29, 1.82) is 0 Å². The second-order valence-electron chi connectivity index (χ2n) is 3.97. The third-order valence-corrected chi connectivity index (χ3v) is 2.89. The van der Waals surface area contributed by atoms with Crippen LogP contribution in [-0.2, 0) is 9.59 Å². The smallest absolute Gasteiger partial charge is 0.326 e. The fourth-order valence-electron chi connectivity index (χ4n) is 1.66. The lowest BCUT2D eigenvalue weighted by Crippen LogP contribution is -2.51. The van der Waals surface area contributed by atoms with Gasteiger partial charge in [0.25, 0.3) is 0 Å². The standard InChI is InChI=1S/C10H18N2O3/c1-7(10(14)15)12(2)9(13)8-5-3-4-6-11-8/h7-8,11H,3-6H2,1-2H3,(H,14,15). The molecule has 0 aromatic carbocycles. The average molecular weight is 214 g/mol. The molecule has 5 nitrogen and oxygen atoms in total. The molecular formula is C10H18N2O3. The summed E-state index contributed by atoms with van der Waals surface area (Å²) >= 11 is 0. The van der Waals surface area contributed by atoms with Gasteiger partial charge < -0.3 is 15.3 Å². The number of aliphatic carboxylic acids is 1. The normalized spacial score (nSPS) is 23.2. The van der Waals surface area contributed by atoms with Crippen molar-refractivity contribution in [1.82, 2.24) is 10.2 Å². The molecule has 1 aliphatic rings. The van der Waals surface area contributed by atoms with Crippen LogP contribution in [0.4, 0.5) is 0 Å². The molecule has 1 heterocycles. The van der Waals surface area contributed by atoms with Gasteiger partial charge in [-0.3, -0.25) is 4.79 Å². The molecule has 0 saturated carbocycles. The SMILES string of the molecule is CC(C(=O)O)N(C)C(=O)C1CCCCN1. The largest absolute Gasteiger partial charge is 0.480 e. The second-order valence-corrected chi connectivity index (χ2v) is 3.97. The Labute approximate surface area is 89.4 Å². The maximum atomic E-state index is 11.8. The van der Waals surface area contributed by atoms with Gasteiger partial charge >= 0.3 is 5.97 Å². The molecule has 2 unspecified atom stereocenters. The van der Waals surface area contributed by atoms with Crippen LogP contribution in [0.1, 0.15) is 26.2 Å². The number of amides is 1. The van der Waals surface area contributed by atoms with E-state index in [1.54, 1.807) is 0 Å². The number of nitrogens with one attached hydrogen (secondary N) is 1. The van der Waals surface area contributed by atoms with Crippen LogP contribution in [0.15, 0.2) is 0 Å². The number of rotatable bonds is 3. The lowest BCUT2D eigenvalue weighted by molar-refractivity contribution is -0.149. The summed E-state index contributed by atoms with van der Waals surface area (Å²) in [5, 5.41) is 11.9. The molecule has 0 aromatic rings. The van der Waals surface area contributed by atoms with Gasteiger partial charge in [0.2, 0.25) is 5.91 Å². The van der Waals surface area contributed by atoms with E-state index in [2.05, 4.69) is 5.32 Å². The summed E-state index contributed by atoms with van der Waals surface area (Å²) in [4.78, 5) is 23.9. The van der Waals surface area contributed by atoms with Gasteiger partial charge in [0.1, 0.15) is 6.04 Å². The first kappa shape index (κ1) is 12.0. The van der Waals surface area contributed by atoms with E-state index in [1.807, 2.05) is 0 Å². The van der Waals surface area contributed by atoms with Gasteiger partial charge in [-0.25, -0.2) is 4.79 Å². The molecule has 1 amide bonds. The molecule has 1 fully saturated rings. The summed E-state index contributed by atoms with van der Waals surface area (Å²) in [5.41, 5.74) is 0. The third kappa shape index (κ3) is 2.92. The highest BCUT2D eigenvalue weighted by Gasteiger charge is 2.28. The Hall–Kier alpha value is -1.10. The topological polar surface area (TPSA) is 69.6 Å². The zero-order valence-electron chi connectivity index (χ0n) is 9.19. The number of piperidine rings is 1. The Bertz CT molecular complexity index is 249. The molecule has 5 heteroatoms. The van der Waals surface area contributed by atoms with E-state index in [0.29, 0.717) is 0 Å². The van der Waals surface area contributed by atoms with Crippen molar-refractivity contribution in [2.24, 2.45) is 0 Å². The van der Waals surface area contributed by atoms with Crippen LogP contribution in [0.2, 0.25) is 0 Å². The molecule has 2 N–H and O–H groups in total. The number of nitrogens with zero attached hydrogens (tertiary/aromatic N) is 1. The Kier molecular flexibility index (Phi) is 4.08. The van der Waals surface area contributed by atoms with Gasteiger partial charge in [0.05, 0.1) is 6.04 Å². The first-order valence-electron chi connectivity index (χ1n) is 5.27. The van der Waals surface area contributed by atoms with Crippen molar-refractivity contribution in [2.75, 3.05) is 13.6 Å². The first-order chi connectivity index (χ1) is 7.04. The van der Waals surface area contributed by atoms with E-state index in [0.717, 1.165) is 25.8 Å². The van der Waals surface area contributed by atoms with E-state index >= 15 is 0 Å². The van der Waals surface area contributed by atoms with Crippen LogP contribution >= 0.6 is 0 Å². The number of carbonyl (C=O) groups excluding carboxylic acids is 1. The molecule has 1 rings (SSSR count). The number of hydrogen-bond donors (Lipinski definition) is 2. The van der Waals surface area contributed by atoms with E-state index in [9.17, 15) is 9.59 Å². The summed E-state index contributed by atoms with van der Waals surface area (Å²) in [6, 6.07) is -0.966. The van der Waals surface area contributed by atoms with Crippen molar-refractivity contribution in [3.8, 4) is 0 Å². The van der Waals surface area contributed by atoms with Crippen LogP contribution in [0.5, 0.6) is 0 Å². The average Bonchev–Trinajstić information content (AvgIpc) is 2.27. The van der Waals surface area contributed by atoms with Crippen LogP contribution in [-0.4, -0.2) is 47.6 Å². The summed E-state index contributed by atoms with van der Waals surface area (Å²) in [6.07, 6.45) is 2.91. The lowest BCUT2D eigenvalue weighted by atomic mass is 10.0. The first-order valence-corrected chi connectivity index (χ1v) is 5.27. The molecule has 15 heavy (non-hydrogen) atoms. The minimum Gasteiger partial charge on any atom is -0.480 e. The predicted octanol–water partition coefficient (Wildman–Crippen LogP) is 0.0600. The summed E-state index contributed by atoms with van der Waals surface area (Å²) in [6.45, 7) is 2.36. The Morgan fingerprint density at radius 3 is 2.60 bits per heavy atom. The summed E-state index contributed by atoms with van der Waals surface area (Å²) in [7, 11) is 1.54. The van der Waals surface area contributed by atoms with Crippen LogP contribution in [0.25, 0.3) is 0 Å². The van der Waals surface area contributed by atoms with Crippen molar-refractivity contribution >= 4 is 11.9 Å². The van der Waals surface area contributed by atoms with Gasteiger partial charge in [-0.15, -0.1) is 0 Å². The molecule has 1 aliphatic heterocycles. The molecule has 1 saturated heterocycles. The number of hydrogen-bond acceptors (Lipinski definition) is 3. The number of likely N-dealkylation sites (N-methyl/N-ethyl adjacent to an activating group) is 1. The third-order valence-electron chi connectivity index (χ3n) is 2.89. The molecule has 86 valence electrons. The maximum absolute atomic E-state index is 11.8. The van der Waals surface area contributed by atoms with Gasteiger partial charge in [0, 0.05) is 7.05 Å². The van der Waals surface area contributed by atoms with Crippen molar-refractivity contribution < 1.29 is 14.7 Å². The molecule has 2 atom stereocenters. The fraction of sp³-hybridized carbons (Fsp3) is 0.800. The van der Waals surface area contributed by atoms with E-state index in [4.69, 9.17) is 5.11 Å². The zero-order valence-corrected chi connectivity index (χ0v) is 9.19. The Balaban J connectivity index is 2.54. The number of carbonyl (C=O) groups is 2. The van der Waals surface area contributed by atoms with E-state index < -0.39 is 12.0 Å². The molecule has 0 aliphatic carbocycles. The van der Waals surface area contributed by atoms with Crippen molar-refractivity contribution in [2.45, 2.75) is 38.3 Å². The van der Waals surface area contributed by atoms with E-state index in [-0.39, 0.29) is 11.9 Å². The fourth-order valence-corrected chi connectivity index (χ4v) is 1.66. The van der Waals surface area contributed by atoms with E-state index in [1.165, 1.54) is 18.9 Å². The summed E-state index contributed by atoms with van der Waals surface area (Å²) < 4.78 is 0. The lowest BCUT2D eigenvalue weighted by Gasteiger charge is -2.29. The van der Waals surface area contributed by atoms with Crippen LogP contribution < -0.4 is 5.32 Å². The molecule has 0 radical (unpaired) electrons. The van der Waals surface area contributed by atoms with Crippen molar-refractivity contribution in [3.05, 3.63) is 0 Å². The Morgan fingerprint density at radius 1 is 1.47 bits per heavy atom. The number of carboxylic acids is 1. The second kappa shape index (κ2) is 5.11. The molecule has 0 aromatic heterocycles. The van der Waals surface area contributed by atoms with Crippen LogP contribution in [0, 0.1) is 0 Å². The quantitative estimate of drug-likeness (QED) is 0.697. The van der Waals surface area contributed by atoms with Gasteiger partial charge in [0.15, 0.2) is 0 Å². The van der Waals surface area contributed by atoms with Crippen molar-refractivity contribution in [3.63, 3.8) is 0 Å². The minimum atomic E-state index is -0.971. The molecule has 0 spiro atoms. The predicted molar refractivity (Wildman–Crippen MR) is 55.5 cm³/mol. The number of carboxylic acid groups (broad SMARTS) is 1. The van der Waals surface area contributed by atoms with Gasteiger partial charge in [-0.2, -0.15) is 0 Å². The van der Waals surface area contributed by atoms with Gasteiger partial charge in [-0.1, -0.05) is 6.42 Å². The zero-order chi connectivity index (χ0) is 11.4. The highest BCUT2D eigenvalue weighted by atomic mass is 16.4. The summed E-state index contributed by atoms with van der Waals surface area (Å²) in [5.74, 6) is -1.09. The maximum Gasteiger partial charge on any atom is 0.326 e. The highest BCUT2D eigenvalue weighted by Crippen LogP contribution is 2.10. The Morgan fingerprint density at radius 2 is 2.13 bits per heavy atom. The minimum absolute atomic E-state index is 0.121. The highest BCUT2D eigenvalue weighted by molar-refractivity contribution is 5.86.